The molecule has 5 nitrogen and oxygen atoms in total. The summed E-state index contributed by atoms with van der Waals surface area (Å²) in [5.41, 5.74) is 1.51. The van der Waals surface area contributed by atoms with Crippen molar-refractivity contribution in [2.45, 2.75) is 12.2 Å². The molecule has 0 radical (unpaired) electrons. The Morgan fingerprint density at radius 2 is 1.79 bits per heavy atom. The molecule has 1 amide bonds. The third-order valence-corrected chi connectivity index (χ3v) is 3.53. The second-order valence-electron chi connectivity index (χ2n) is 4.55. The number of nitrogens with one attached hydrogen (secondary N) is 1. The van der Waals surface area contributed by atoms with Crippen LogP contribution in [-0.2, 0) is 9.47 Å². The summed E-state index contributed by atoms with van der Waals surface area (Å²) in [5.74, 6) is 0.00606. The van der Waals surface area contributed by atoms with Gasteiger partial charge in [0.1, 0.15) is 12.2 Å². The van der Waals surface area contributed by atoms with Crippen LogP contribution in [0.25, 0.3) is 0 Å². The molecule has 2 rings (SSSR count). The second kappa shape index (κ2) is 6.04. The van der Waals surface area contributed by atoms with Gasteiger partial charge in [-0.05, 0) is 12.1 Å². The van der Waals surface area contributed by atoms with E-state index in [4.69, 9.17) is 9.47 Å². The monoisotopic (exact) mass is 264 g/mol. The van der Waals surface area contributed by atoms with Crippen molar-refractivity contribution in [3.05, 3.63) is 29.8 Å². The minimum atomic E-state index is -0.0595. The van der Waals surface area contributed by atoms with E-state index in [1.54, 1.807) is 19.1 Å². The molecular formula is C14H20N2O3. The fourth-order valence-electron chi connectivity index (χ4n) is 2.42. The Labute approximate surface area is 113 Å². The van der Waals surface area contributed by atoms with Crippen molar-refractivity contribution in [1.82, 2.24) is 4.90 Å². The van der Waals surface area contributed by atoms with Gasteiger partial charge in [0.05, 0.1) is 5.56 Å². The number of para-hydroxylation sites is 1. The number of carbonyl (C=O) groups excluding carboxylic acids is 1. The van der Waals surface area contributed by atoms with E-state index in [1.807, 2.05) is 31.3 Å². The molecule has 0 aliphatic carbocycles. The average molecular weight is 264 g/mol. The predicted molar refractivity (Wildman–Crippen MR) is 73.5 cm³/mol. The van der Waals surface area contributed by atoms with Crippen molar-refractivity contribution in [3.63, 3.8) is 0 Å². The maximum absolute atomic E-state index is 12.5. The van der Waals surface area contributed by atoms with Gasteiger partial charge in [-0.15, -0.1) is 0 Å². The van der Waals surface area contributed by atoms with Crippen molar-refractivity contribution >= 4 is 11.6 Å². The maximum atomic E-state index is 12.5. The van der Waals surface area contributed by atoms with Gasteiger partial charge in [0.15, 0.2) is 0 Å². The van der Waals surface area contributed by atoms with E-state index < -0.39 is 0 Å². The lowest BCUT2D eigenvalue weighted by molar-refractivity contribution is -0.00461. The van der Waals surface area contributed by atoms with Crippen LogP contribution in [0.2, 0.25) is 0 Å². The number of likely N-dealkylation sites (tertiary alicyclic amines) is 1. The summed E-state index contributed by atoms with van der Waals surface area (Å²) in [6.07, 6.45) is -0.119. The van der Waals surface area contributed by atoms with E-state index in [0.717, 1.165) is 5.69 Å². The summed E-state index contributed by atoms with van der Waals surface area (Å²) >= 11 is 0. The van der Waals surface area contributed by atoms with E-state index in [1.165, 1.54) is 0 Å². The highest BCUT2D eigenvalue weighted by Gasteiger charge is 2.36. The van der Waals surface area contributed by atoms with Gasteiger partial charge in [-0.3, -0.25) is 4.79 Å². The van der Waals surface area contributed by atoms with Crippen LogP contribution in [0.15, 0.2) is 24.3 Å². The van der Waals surface area contributed by atoms with Crippen LogP contribution in [0, 0.1) is 0 Å². The highest BCUT2D eigenvalue weighted by Crippen LogP contribution is 2.22. The molecule has 0 spiro atoms. The number of benzene rings is 1. The molecule has 0 saturated carbocycles. The molecule has 1 saturated heterocycles. The predicted octanol–water partition coefficient (Wildman–Crippen LogP) is 1.21. The van der Waals surface area contributed by atoms with E-state index in [2.05, 4.69) is 5.32 Å². The Bertz CT molecular complexity index is 438. The summed E-state index contributed by atoms with van der Waals surface area (Å²) in [4.78, 5) is 14.3. The zero-order valence-corrected chi connectivity index (χ0v) is 11.6. The largest absolute Gasteiger partial charge is 0.387 e. The number of carbonyl (C=O) groups is 1. The quantitative estimate of drug-likeness (QED) is 0.888. The van der Waals surface area contributed by atoms with Gasteiger partial charge in [-0.1, -0.05) is 12.1 Å². The molecule has 2 atom stereocenters. The fraction of sp³-hybridized carbons (Fsp3) is 0.500. The molecule has 1 aromatic rings. The van der Waals surface area contributed by atoms with Crippen LogP contribution in [-0.4, -0.2) is 57.4 Å². The lowest BCUT2D eigenvalue weighted by Crippen LogP contribution is -2.30. The summed E-state index contributed by atoms with van der Waals surface area (Å²) in [6, 6.07) is 7.50. The van der Waals surface area contributed by atoms with Gasteiger partial charge in [0.2, 0.25) is 0 Å². The van der Waals surface area contributed by atoms with Crippen molar-refractivity contribution in [2.75, 3.05) is 39.7 Å². The molecular weight excluding hydrogens is 244 g/mol. The highest BCUT2D eigenvalue weighted by atomic mass is 16.5. The first-order chi connectivity index (χ1) is 9.21. The number of rotatable bonds is 4. The van der Waals surface area contributed by atoms with Gasteiger partial charge >= 0.3 is 0 Å². The molecule has 0 bridgehead atoms. The summed E-state index contributed by atoms with van der Waals surface area (Å²) in [5, 5.41) is 3.04. The molecule has 1 aliphatic heterocycles. The van der Waals surface area contributed by atoms with Crippen molar-refractivity contribution in [3.8, 4) is 0 Å². The number of anilines is 1. The van der Waals surface area contributed by atoms with Crippen molar-refractivity contribution in [1.29, 1.82) is 0 Å². The minimum absolute atomic E-state index is 0.00606. The standard InChI is InChI=1S/C14H20N2O3/c1-15-11-7-5-4-6-10(11)14(17)16-8-12(18-2)13(9-16)19-3/h4-7,12-13,15H,8-9H2,1-3H3. The summed E-state index contributed by atoms with van der Waals surface area (Å²) < 4.78 is 10.7. The molecule has 1 aromatic carbocycles. The lowest BCUT2D eigenvalue weighted by Gasteiger charge is -2.17. The van der Waals surface area contributed by atoms with Gasteiger partial charge in [-0.2, -0.15) is 0 Å². The van der Waals surface area contributed by atoms with Gasteiger partial charge in [0, 0.05) is 40.0 Å². The zero-order valence-electron chi connectivity index (χ0n) is 11.6. The van der Waals surface area contributed by atoms with Gasteiger partial charge in [0.25, 0.3) is 5.91 Å². The summed E-state index contributed by atoms with van der Waals surface area (Å²) in [6.45, 7) is 1.12. The fourth-order valence-corrected chi connectivity index (χ4v) is 2.42. The Kier molecular flexibility index (Phi) is 4.39. The first-order valence-electron chi connectivity index (χ1n) is 6.33. The number of ether oxygens (including phenoxy) is 2. The third kappa shape index (κ3) is 2.72. The van der Waals surface area contributed by atoms with Crippen LogP contribution in [0.4, 0.5) is 5.69 Å². The van der Waals surface area contributed by atoms with Crippen LogP contribution >= 0.6 is 0 Å². The maximum Gasteiger partial charge on any atom is 0.256 e. The molecule has 1 N–H and O–H groups in total. The van der Waals surface area contributed by atoms with Crippen LogP contribution < -0.4 is 5.32 Å². The molecule has 19 heavy (non-hydrogen) atoms. The average Bonchev–Trinajstić information content (AvgIpc) is 2.89. The Morgan fingerprint density at radius 3 is 2.32 bits per heavy atom. The van der Waals surface area contributed by atoms with E-state index in [0.29, 0.717) is 18.7 Å². The SMILES string of the molecule is CNc1ccccc1C(=O)N1CC(OC)C(OC)C1. The second-order valence-corrected chi connectivity index (χ2v) is 4.55. The van der Waals surface area contributed by atoms with Gasteiger partial charge in [-0.25, -0.2) is 0 Å². The smallest absolute Gasteiger partial charge is 0.256 e. The van der Waals surface area contributed by atoms with E-state index in [9.17, 15) is 4.79 Å². The topological polar surface area (TPSA) is 50.8 Å². The minimum Gasteiger partial charge on any atom is -0.387 e. The third-order valence-electron chi connectivity index (χ3n) is 3.53. The molecule has 104 valence electrons. The van der Waals surface area contributed by atoms with E-state index in [-0.39, 0.29) is 18.1 Å². The number of methoxy groups -OCH3 is 2. The normalized spacial score (nSPS) is 22.6. The number of hydrogen-bond donors (Lipinski definition) is 1. The van der Waals surface area contributed by atoms with Crippen LogP contribution in [0.5, 0.6) is 0 Å². The highest BCUT2D eigenvalue weighted by molar-refractivity contribution is 5.99. The summed E-state index contributed by atoms with van der Waals surface area (Å²) in [7, 11) is 5.10. The molecule has 5 heteroatoms. The van der Waals surface area contributed by atoms with Crippen LogP contribution in [0.3, 0.4) is 0 Å². The van der Waals surface area contributed by atoms with Crippen molar-refractivity contribution < 1.29 is 14.3 Å². The van der Waals surface area contributed by atoms with Gasteiger partial charge < -0.3 is 19.7 Å². The first-order valence-corrected chi connectivity index (χ1v) is 6.33. The molecule has 2 unspecified atom stereocenters. The molecule has 1 aliphatic rings. The Hall–Kier alpha value is -1.59. The Balaban J connectivity index is 2.17. The van der Waals surface area contributed by atoms with Crippen LogP contribution in [0.1, 0.15) is 10.4 Å². The number of amides is 1. The van der Waals surface area contributed by atoms with Crippen molar-refractivity contribution in [2.24, 2.45) is 0 Å². The Morgan fingerprint density at radius 1 is 1.21 bits per heavy atom. The molecule has 1 heterocycles. The molecule has 1 fully saturated rings. The first kappa shape index (κ1) is 13.8. The molecule has 0 aromatic heterocycles. The lowest BCUT2D eigenvalue weighted by atomic mass is 10.1. The zero-order chi connectivity index (χ0) is 13.8. The number of nitrogens with zero attached hydrogens (tertiary/aromatic N) is 1. The van der Waals surface area contributed by atoms with E-state index >= 15 is 0 Å². The number of hydrogen-bond acceptors (Lipinski definition) is 4.